The molecule has 1 N–H and O–H groups in total. The maximum atomic E-state index is 12.6. The van der Waals surface area contributed by atoms with Gasteiger partial charge in [0, 0.05) is 18.0 Å². The van der Waals surface area contributed by atoms with Crippen molar-refractivity contribution in [3.05, 3.63) is 65.5 Å². The van der Waals surface area contributed by atoms with Crippen molar-refractivity contribution < 1.29 is 14.1 Å². The molecule has 0 spiro atoms. The molecule has 1 saturated heterocycles. The molecule has 0 atom stereocenters. The van der Waals surface area contributed by atoms with Crippen LogP contribution >= 0.6 is 0 Å². The zero-order valence-corrected chi connectivity index (χ0v) is 19.4. The SMILES string of the molecule is COc1ccc(CCCNC(=O)C2CCN(Cc3nc(-c4ccc(C)cc4)no3)CC2)cc1. The first-order valence-corrected chi connectivity index (χ1v) is 11.6. The van der Waals surface area contributed by atoms with E-state index >= 15 is 0 Å². The minimum absolute atomic E-state index is 0.0769. The summed E-state index contributed by atoms with van der Waals surface area (Å²) in [5.74, 6) is 2.35. The zero-order chi connectivity index (χ0) is 23.0. The molecular weight excluding hydrogens is 416 g/mol. The Kier molecular flexibility index (Phi) is 7.73. The molecule has 0 aliphatic carbocycles. The van der Waals surface area contributed by atoms with Crippen LogP contribution in [-0.4, -0.2) is 47.7 Å². The first-order chi connectivity index (χ1) is 16.1. The highest BCUT2D eigenvalue weighted by atomic mass is 16.5. The van der Waals surface area contributed by atoms with E-state index in [1.54, 1.807) is 7.11 Å². The lowest BCUT2D eigenvalue weighted by atomic mass is 9.96. The van der Waals surface area contributed by atoms with Gasteiger partial charge >= 0.3 is 0 Å². The van der Waals surface area contributed by atoms with Gasteiger partial charge in [0.1, 0.15) is 5.75 Å². The van der Waals surface area contributed by atoms with Crippen molar-refractivity contribution in [3.8, 4) is 17.1 Å². The first-order valence-electron chi connectivity index (χ1n) is 11.6. The Morgan fingerprint density at radius 3 is 2.55 bits per heavy atom. The fourth-order valence-electron chi connectivity index (χ4n) is 4.12. The maximum absolute atomic E-state index is 12.6. The zero-order valence-electron chi connectivity index (χ0n) is 19.4. The van der Waals surface area contributed by atoms with Crippen LogP contribution in [0, 0.1) is 12.8 Å². The van der Waals surface area contributed by atoms with Crippen molar-refractivity contribution >= 4 is 5.91 Å². The highest BCUT2D eigenvalue weighted by molar-refractivity contribution is 5.78. The number of ether oxygens (including phenoxy) is 1. The van der Waals surface area contributed by atoms with Gasteiger partial charge in [-0.15, -0.1) is 0 Å². The Morgan fingerprint density at radius 2 is 1.85 bits per heavy atom. The van der Waals surface area contributed by atoms with E-state index in [0.29, 0.717) is 24.8 Å². The van der Waals surface area contributed by atoms with Crippen LogP contribution in [0.4, 0.5) is 0 Å². The summed E-state index contributed by atoms with van der Waals surface area (Å²) in [6, 6.07) is 16.2. The summed E-state index contributed by atoms with van der Waals surface area (Å²) in [7, 11) is 1.67. The number of nitrogens with zero attached hydrogens (tertiary/aromatic N) is 3. The van der Waals surface area contributed by atoms with Gasteiger partial charge in [-0.3, -0.25) is 9.69 Å². The third-order valence-corrected chi connectivity index (χ3v) is 6.20. The van der Waals surface area contributed by atoms with Gasteiger partial charge in [0.25, 0.3) is 0 Å². The molecule has 2 aromatic carbocycles. The summed E-state index contributed by atoms with van der Waals surface area (Å²) >= 11 is 0. The van der Waals surface area contributed by atoms with Crippen molar-refractivity contribution in [2.45, 2.75) is 39.2 Å². The Labute approximate surface area is 195 Å². The monoisotopic (exact) mass is 448 g/mol. The summed E-state index contributed by atoms with van der Waals surface area (Å²) in [4.78, 5) is 19.4. The van der Waals surface area contributed by atoms with Crippen LogP contribution in [-0.2, 0) is 17.8 Å². The van der Waals surface area contributed by atoms with E-state index in [2.05, 4.69) is 39.4 Å². The lowest BCUT2D eigenvalue weighted by Gasteiger charge is -2.30. The molecule has 0 saturated carbocycles. The predicted octanol–water partition coefficient (Wildman–Crippen LogP) is 4.01. The van der Waals surface area contributed by atoms with Crippen LogP contribution in [0.3, 0.4) is 0 Å². The lowest BCUT2D eigenvalue weighted by Crippen LogP contribution is -2.40. The van der Waals surface area contributed by atoms with E-state index in [1.165, 1.54) is 11.1 Å². The number of carbonyl (C=O) groups excluding carboxylic acids is 1. The number of amides is 1. The standard InChI is InChI=1S/C26H32N4O3/c1-19-5-9-21(10-6-19)25-28-24(33-29-25)18-30-16-13-22(14-17-30)26(31)27-15-3-4-20-7-11-23(32-2)12-8-20/h5-12,22H,3-4,13-18H2,1-2H3,(H,27,31). The summed E-state index contributed by atoms with van der Waals surface area (Å²) in [6.07, 6.45) is 3.57. The van der Waals surface area contributed by atoms with Crippen LogP contribution in [0.1, 0.15) is 36.3 Å². The normalized spacial score (nSPS) is 14.8. The van der Waals surface area contributed by atoms with E-state index in [4.69, 9.17) is 9.26 Å². The summed E-state index contributed by atoms with van der Waals surface area (Å²) in [5, 5.41) is 7.23. The molecule has 1 amide bonds. The molecule has 1 aliphatic rings. The van der Waals surface area contributed by atoms with Gasteiger partial charge in [0.15, 0.2) is 0 Å². The Morgan fingerprint density at radius 1 is 1.12 bits per heavy atom. The summed E-state index contributed by atoms with van der Waals surface area (Å²) in [6.45, 7) is 5.08. The molecule has 0 radical (unpaired) electrons. The Hall–Kier alpha value is -3.19. The average Bonchev–Trinajstić information content (AvgIpc) is 3.31. The largest absolute Gasteiger partial charge is 0.497 e. The molecule has 33 heavy (non-hydrogen) atoms. The minimum Gasteiger partial charge on any atom is -0.497 e. The van der Waals surface area contributed by atoms with Gasteiger partial charge < -0.3 is 14.6 Å². The first kappa shape index (κ1) is 23.0. The number of carbonyl (C=O) groups is 1. The second-order valence-corrected chi connectivity index (χ2v) is 8.67. The second-order valence-electron chi connectivity index (χ2n) is 8.67. The average molecular weight is 449 g/mol. The fourth-order valence-corrected chi connectivity index (χ4v) is 4.12. The number of aromatic nitrogens is 2. The van der Waals surface area contributed by atoms with Gasteiger partial charge in [-0.2, -0.15) is 4.98 Å². The highest BCUT2D eigenvalue weighted by Crippen LogP contribution is 2.21. The molecule has 7 nitrogen and oxygen atoms in total. The molecule has 3 aromatic rings. The van der Waals surface area contributed by atoms with E-state index in [0.717, 1.165) is 50.1 Å². The van der Waals surface area contributed by atoms with E-state index in [1.807, 2.05) is 36.4 Å². The number of hydrogen-bond acceptors (Lipinski definition) is 6. The van der Waals surface area contributed by atoms with Crippen LogP contribution < -0.4 is 10.1 Å². The predicted molar refractivity (Wildman–Crippen MR) is 127 cm³/mol. The topological polar surface area (TPSA) is 80.5 Å². The van der Waals surface area contributed by atoms with E-state index in [9.17, 15) is 4.79 Å². The van der Waals surface area contributed by atoms with E-state index in [-0.39, 0.29) is 11.8 Å². The summed E-state index contributed by atoms with van der Waals surface area (Å²) in [5.41, 5.74) is 3.41. The van der Waals surface area contributed by atoms with Crippen molar-refractivity contribution in [2.24, 2.45) is 5.92 Å². The molecule has 1 fully saturated rings. The number of hydrogen-bond donors (Lipinski definition) is 1. The number of rotatable bonds is 9. The van der Waals surface area contributed by atoms with Gasteiger partial charge in [-0.05, 0) is 63.4 Å². The van der Waals surface area contributed by atoms with Crippen molar-refractivity contribution in [2.75, 3.05) is 26.7 Å². The lowest BCUT2D eigenvalue weighted by molar-refractivity contribution is -0.126. The molecule has 0 unspecified atom stereocenters. The fraction of sp³-hybridized carbons (Fsp3) is 0.423. The van der Waals surface area contributed by atoms with Crippen LogP contribution in [0.2, 0.25) is 0 Å². The Balaban J connectivity index is 1.16. The van der Waals surface area contributed by atoms with Crippen molar-refractivity contribution in [1.82, 2.24) is 20.4 Å². The number of benzene rings is 2. The second kappa shape index (κ2) is 11.1. The molecule has 174 valence electrons. The van der Waals surface area contributed by atoms with Gasteiger partial charge in [0.05, 0.1) is 13.7 Å². The quantitative estimate of drug-likeness (QED) is 0.498. The smallest absolute Gasteiger partial charge is 0.241 e. The number of nitrogens with one attached hydrogen (secondary N) is 1. The molecule has 1 aliphatic heterocycles. The van der Waals surface area contributed by atoms with Crippen LogP contribution in [0.5, 0.6) is 5.75 Å². The van der Waals surface area contributed by atoms with Crippen LogP contribution in [0.15, 0.2) is 53.1 Å². The van der Waals surface area contributed by atoms with Gasteiger partial charge in [-0.1, -0.05) is 47.1 Å². The molecule has 2 heterocycles. The van der Waals surface area contributed by atoms with Gasteiger partial charge in [-0.25, -0.2) is 0 Å². The van der Waals surface area contributed by atoms with Gasteiger partial charge in [0.2, 0.25) is 17.6 Å². The minimum atomic E-state index is 0.0769. The molecule has 4 rings (SSSR count). The highest BCUT2D eigenvalue weighted by Gasteiger charge is 2.25. The van der Waals surface area contributed by atoms with Crippen LogP contribution in [0.25, 0.3) is 11.4 Å². The molecular formula is C26H32N4O3. The third-order valence-electron chi connectivity index (χ3n) is 6.20. The van der Waals surface area contributed by atoms with Crippen molar-refractivity contribution in [3.63, 3.8) is 0 Å². The number of likely N-dealkylation sites (tertiary alicyclic amines) is 1. The maximum Gasteiger partial charge on any atom is 0.241 e. The molecule has 1 aromatic heterocycles. The third kappa shape index (κ3) is 6.42. The molecule has 7 heteroatoms. The molecule has 0 bridgehead atoms. The number of aryl methyl sites for hydroxylation is 2. The Bertz CT molecular complexity index is 1020. The number of methoxy groups -OCH3 is 1. The van der Waals surface area contributed by atoms with E-state index < -0.39 is 0 Å². The van der Waals surface area contributed by atoms with Crippen molar-refractivity contribution in [1.29, 1.82) is 0 Å². The summed E-state index contributed by atoms with van der Waals surface area (Å²) < 4.78 is 10.6. The number of piperidine rings is 1.